The van der Waals surface area contributed by atoms with Gasteiger partial charge in [0.2, 0.25) is 11.8 Å². The first-order valence-electron chi connectivity index (χ1n) is 7.47. The topological polar surface area (TPSA) is 75.4 Å². The quantitative estimate of drug-likeness (QED) is 0.684. The van der Waals surface area contributed by atoms with Crippen molar-refractivity contribution in [2.45, 2.75) is 56.9 Å². The van der Waals surface area contributed by atoms with E-state index in [1.165, 1.54) is 6.07 Å². The molecule has 0 unspecified atom stereocenters. The van der Waals surface area contributed by atoms with Gasteiger partial charge < -0.3 is 9.63 Å². The number of carbonyl (C=O) groups is 1. The normalized spacial score (nSPS) is 13.2. The Morgan fingerprint density at radius 2 is 1.96 bits per heavy atom. The predicted molar refractivity (Wildman–Crippen MR) is 87.1 cm³/mol. The molecule has 9 heteroatoms. The number of rotatable bonds is 8. The molecule has 138 valence electrons. The van der Waals surface area contributed by atoms with E-state index in [1.54, 1.807) is 27.7 Å². The average molecular weight is 368 g/mol. The van der Waals surface area contributed by atoms with E-state index in [9.17, 15) is 23.1 Å². The third kappa shape index (κ3) is 6.35. The van der Waals surface area contributed by atoms with E-state index >= 15 is 0 Å². The first-order valence-corrected chi connectivity index (χ1v) is 8.46. The Balaban J connectivity index is 2.57. The van der Waals surface area contributed by atoms with Crippen LogP contribution in [0.1, 0.15) is 46.2 Å². The van der Waals surface area contributed by atoms with Gasteiger partial charge in [-0.25, -0.2) is 0 Å². The molecule has 0 saturated heterocycles. The molecule has 0 aliphatic rings. The smallest absolute Gasteiger partial charge is 0.389 e. The maximum absolute atomic E-state index is 12.3. The van der Waals surface area contributed by atoms with Crippen molar-refractivity contribution in [2.75, 3.05) is 17.7 Å². The Bertz CT molecular complexity index is 556. The first kappa shape index (κ1) is 20.8. The van der Waals surface area contributed by atoms with Crippen molar-refractivity contribution in [2.24, 2.45) is 0 Å². The van der Waals surface area contributed by atoms with Crippen molar-refractivity contribution < 1.29 is 27.6 Å². The monoisotopic (exact) mass is 368 g/mol. The van der Waals surface area contributed by atoms with Gasteiger partial charge in [0, 0.05) is 17.9 Å². The summed E-state index contributed by atoms with van der Waals surface area (Å²) in [5, 5.41) is 15.7. The maximum atomic E-state index is 12.3. The number of aliphatic hydroxyl groups excluding tert-OH is 1. The number of thioether (sulfide) groups is 1. The van der Waals surface area contributed by atoms with Gasteiger partial charge in [-0.2, -0.15) is 13.2 Å². The highest BCUT2D eigenvalue weighted by atomic mass is 32.2. The number of alkyl halides is 3. The molecule has 0 bridgehead atoms. The van der Waals surface area contributed by atoms with Crippen LogP contribution in [-0.2, 0) is 10.2 Å². The summed E-state index contributed by atoms with van der Waals surface area (Å²) in [6.45, 7) is 6.69. The van der Waals surface area contributed by atoms with E-state index in [1.807, 2.05) is 0 Å². The summed E-state index contributed by atoms with van der Waals surface area (Å²) in [7, 11) is 0. The van der Waals surface area contributed by atoms with Crippen LogP contribution in [0.15, 0.2) is 10.6 Å². The van der Waals surface area contributed by atoms with Gasteiger partial charge in [0.15, 0.2) is 0 Å². The van der Waals surface area contributed by atoms with Crippen molar-refractivity contribution in [1.82, 2.24) is 5.16 Å². The molecular weight excluding hydrogens is 345 g/mol. The second-order valence-corrected chi connectivity index (χ2v) is 8.37. The summed E-state index contributed by atoms with van der Waals surface area (Å²) in [5.41, 5.74) is -0.107. The van der Waals surface area contributed by atoms with E-state index in [0.29, 0.717) is 5.69 Å². The number of hydrogen-bond donors (Lipinski definition) is 2. The van der Waals surface area contributed by atoms with Gasteiger partial charge in [-0.3, -0.25) is 10.1 Å². The minimum atomic E-state index is -4.18. The van der Waals surface area contributed by atoms with E-state index < -0.39 is 22.8 Å². The lowest BCUT2D eigenvalue weighted by atomic mass is 9.91. The zero-order chi connectivity index (χ0) is 18.6. The summed E-state index contributed by atoms with van der Waals surface area (Å²) in [6, 6.07) is 1.53. The van der Waals surface area contributed by atoms with Crippen molar-refractivity contribution in [3.63, 3.8) is 0 Å². The molecule has 1 amide bonds. The molecule has 0 aromatic carbocycles. The van der Waals surface area contributed by atoms with Gasteiger partial charge in [0.1, 0.15) is 0 Å². The van der Waals surface area contributed by atoms with Gasteiger partial charge in [-0.1, -0.05) is 19.0 Å². The van der Waals surface area contributed by atoms with Gasteiger partial charge in [-0.15, -0.1) is 11.8 Å². The number of nitrogens with one attached hydrogen (secondary N) is 1. The third-order valence-electron chi connectivity index (χ3n) is 3.45. The summed E-state index contributed by atoms with van der Waals surface area (Å²) < 4.78 is 40.5. The number of aliphatic hydroxyl groups is 1. The molecule has 0 aliphatic heterocycles. The Hall–Kier alpha value is -1.22. The number of amides is 1. The van der Waals surface area contributed by atoms with Crippen molar-refractivity contribution in [3.8, 4) is 0 Å². The maximum Gasteiger partial charge on any atom is 0.389 e. The van der Waals surface area contributed by atoms with Gasteiger partial charge in [-0.05, 0) is 26.0 Å². The lowest BCUT2D eigenvalue weighted by molar-refractivity contribution is -0.134. The SMILES string of the molecule is CC(C)(SCCCC(F)(F)F)C(=O)Nc1cc(C(C)(C)CO)no1. The largest absolute Gasteiger partial charge is 0.395 e. The molecule has 0 fully saturated rings. The molecule has 1 rings (SSSR count). The molecular formula is C15H23F3N2O3S. The second-order valence-electron chi connectivity index (χ2n) is 6.65. The molecule has 0 radical (unpaired) electrons. The molecule has 1 aromatic rings. The van der Waals surface area contributed by atoms with E-state index in [0.717, 1.165) is 11.8 Å². The molecule has 24 heavy (non-hydrogen) atoms. The zero-order valence-corrected chi connectivity index (χ0v) is 15.0. The minimum Gasteiger partial charge on any atom is -0.395 e. The van der Waals surface area contributed by atoms with Crippen LogP contribution in [0.2, 0.25) is 0 Å². The number of hydrogen-bond acceptors (Lipinski definition) is 5. The Kier molecular flexibility index (Phi) is 6.75. The van der Waals surface area contributed by atoms with Gasteiger partial charge in [0.25, 0.3) is 0 Å². The standard InChI is InChI=1S/C15H23F3N2O3S/c1-13(2,9-21)10-8-11(23-20-10)19-12(22)14(3,4)24-7-5-6-15(16,17)18/h8,21H,5-7,9H2,1-4H3,(H,19,22). The molecule has 1 aromatic heterocycles. The Labute approximate surface area is 143 Å². The molecule has 2 N–H and O–H groups in total. The summed E-state index contributed by atoms with van der Waals surface area (Å²) in [6.07, 6.45) is -5.08. The average Bonchev–Trinajstić information content (AvgIpc) is 2.92. The second kappa shape index (κ2) is 7.77. The van der Waals surface area contributed by atoms with Gasteiger partial charge in [0.05, 0.1) is 17.0 Å². The van der Waals surface area contributed by atoms with Crippen LogP contribution in [0, 0.1) is 0 Å². The van der Waals surface area contributed by atoms with Crippen molar-refractivity contribution in [3.05, 3.63) is 11.8 Å². The highest BCUT2D eigenvalue weighted by Crippen LogP contribution is 2.30. The van der Waals surface area contributed by atoms with Crippen LogP contribution in [0.5, 0.6) is 0 Å². The summed E-state index contributed by atoms with van der Waals surface area (Å²) >= 11 is 1.15. The summed E-state index contributed by atoms with van der Waals surface area (Å²) in [4.78, 5) is 12.3. The van der Waals surface area contributed by atoms with Crippen molar-refractivity contribution >= 4 is 23.6 Å². The fourth-order valence-electron chi connectivity index (χ4n) is 1.66. The fraction of sp³-hybridized carbons (Fsp3) is 0.733. The summed E-state index contributed by atoms with van der Waals surface area (Å²) in [5.74, 6) is -0.0245. The van der Waals surface area contributed by atoms with Gasteiger partial charge >= 0.3 is 6.18 Å². The highest BCUT2D eigenvalue weighted by Gasteiger charge is 2.31. The number of anilines is 1. The van der Waals surface area contributed by atoms with Crippen LogP contribution in [0.3, 0.4) is 0 Å². The molecule has 0 aliphatic carbocycles. The first-order chi connectivity index (χ1) is 10.9. The third-order valence-corrected chi connectivity index (χ3v) is 4.85. The minimum absolute atomic E-state index is 0.0397. The number of nitrogens with zero attached hydrogens (tertiary/aromatic N) is 1. The fourth-order valence-corrected chi connectivity index (χ4v) is 2.64. The molecule has 5 nitrogen and oxygen atoms in total. The van der Waals surface area contributed by atoms with Crippen LogP contribution in [0.4, 0.5) is 19.1 Å². The number of halogens is 3. The number of carbonyl (C=O) groups excluding carboxylic acids is 1. The number of aromatic nitrogens is 1. The molecule has 0 spiro atoms. The van der Waals surface area contributed by atoms with Crippen LogP contribution in [0.25, 0.3) is 0 Å². The lowest BCUT2D eigenvalue weighted by Crippen LogP contribution is -2.34. The van der Waals surface area contributed by atoms with Crippen LogP contribution in [-0.4, -0.2) is 39.5 Å². The van der Waals surface area contributed by atoms with E-state index in [-0.39, 0.29) is 30.6 Å². The Morgan fingerprint density at radius 1 is 1.33 bits per heavy atom. The van der Waals surface area contributed by atoms with E-state index in [4.69, 9.17) is 4.52 Å². The highest BCUT2D eigenvalue weighted by molar-refractivity contribution is 8.01. The van der Waals surface area contributed by atoms with E-state index in [2.05, 4.69) is 10.5 Å². The van der Waals surface area contributed by atoms with Crippen molar-refractivity contribution in [1.29, 1.82) is 0 Å². The zero-order valence-electron chi connectivity index (χ0n) is 14.2. The molecule has 0 saturated carbocycles. The van der Waals surface area contributed by atoms with Crippen LogP contribution < -0.4 is 5.32 Å². The molecule has 1 heterocycles. The predicted octanol–water partition coefficient (Wildman–Crippen LogP) is 3.74. The molecule has 0 atom stereocenters. The van der Waals surface area contributed by atoms with Crippen LogP contribution >= 0.6 is 11.8 Å². The Morgan fingerprint density at radius 3 is 2.50 bits per heavy atom. The lowest BCUT2D eigenvalue weighted by Gasteiger charge is -2.22.